The molecule has 1 heterocycles. The molecule has 1 aliphatic heterocycles. The summed E-state index contributed by atoms with van der Waals surface area (Å²) in [6.07, 6.45) is 5.02. The predicted octanol–water partition coefficient (Wildman–Crippen LogP) is 4.52. The van der Waals surface area contributed by atoms with Gasteiger partial charge in [-0.1, -0.05) is 32.3 Å². The van der Waals surface area contributed by atoms with Gasteiger partial charge in [0.15, 0.2) is 0 Å². The van der Waals surface area contributed by atoms with Crippen molar-refractivity contribution in [3.05, 3.63) is 28.2 Å². The average Bonchev–Trinajstić information content (AvgIpc) is 2.48. The summed E-state index contributed by atoms with van der Waals surface area (Å²) in [5.41, 5.74) is 1.31. The van der Waals surface area contributed by atoms with Gasteiger partial charge in [0.05, 0.1) is 4.47 Å². The number of unbranched alkanes of at least 4 members (excludes halogenated alkanes) is 2. The van der Waals surface area contributed by atoms with E-state index in [1.54, 1.807) is 6.07 Å². The van der Waals surface area contributed by atoms with Gasteiger partial charge < -0.3 is 10.4 Å². The van der Waals surface area contributed by atoms with Gasteiger partial charge in [0.2, 0.25) is 0 Å². The van der Waals surface area contributed by atoms with E-state index in [1.165, 1.54) is 31.2 Å². The minimum atomic E-state index is 0. The first-order valence-corrected chi connectivity index (χ1v) is 8.45. The third kappa shape index (κ3) is 6.25. The summed E-state index contributed by atoms with van der Waals surface area (Å²) in [6.45, 7) is 6.61. The van der Waals surface area contributed by atoms with Crippen molar-refractivity contribution < 1.29 is 5.11 Å². The van der Waals surface area contributed by atoms with E-state index >= 15 is 0 Å². The molecular weight excluding hydrogens is 387 g/mol. The number of halogens is 3. The molecule has 22 heavy (non-hydrogen) atoms. The fourth-order valence-corrected chi connectivity index (χ4v) is 3.27. The number of aromatic hydroxyl groups is 1. The maximum Gasteiger partial charge on any atom is 0.129 e. The molecule has 6 heteroatoms. The van der Waals surface area contributed by atoms with Gasteiger partial charge in [0.1, 0.15) is 5.75 Å². The van der Waals surface area contributed by atoms with Crippen molar-refractivity contribution >= 4 is 40.7 Å². The number of rotatable bonds is 6. The largest absolute Gasteiger partial charge is 0.507 e. The van der Waals surface area contributed by atoms with Crippen LogP contribution in [0.15, 0.2) is 22.7 Å². The summed E-state index contributed by atoms with van der Waals surface area (Å²) in [4.78, 5) is 2.57. The molecule has 2 N–H and O–H groups in total. The van der Waals surface area contributed by atoms with Crippen LogP contribution >= 0.6 is 40.7 Å². The Hall–Kier alpha value is -0.000000000000000111. The highest BCUT2D eigenvalue weighted by Gasteiger charge is 2.22. The lowest BCUT2D eigenvalue weighted by Gasteiger charge is -2.35. The Labute approximate surface area is 154 Å². The fraction of sp³-hybridized carbons (Fsp3) is 0.625. The molecule has 0 saturated carbocycles. The van der Waals surface area contributed by atoms with Gasteiger partial charge in [-0.05, 0) is 40.0 Å². The summed E-state index contributed by atoms with van der Waals surface area (Å²) in [7, 11) is 0. The predicted molar refractivity (Wildman–Crippen MR) is 102 cm³/mol. The quantitative estimate of drug-likeness (QED) is 0.672. The number of hydrogen-bond acceptors (Lipinski definition) is 3. The van der Waals surface area contributed by atoms with Crippen molar-refractivity contribution in [1.29, 1.82) is 0 Å². The fourth-order valence-electron chi connectivity index (χ4n) is 2.87. The van der Waals surface area contributed by atoms with Gasteiger partial charge in [-0.25, -0.2) is 0 Å². The maximum atomic E-state index is 9.68. The molecule has 1 atom stereocenters. The second-order valence-electron chi connectivity index (χ2n) is 5.51. The zero-order valence-electron chi connectivity index (χ0n) is 13.1. The van der Waals surface area contributed by atoms with Crippen LogP contribution < -0.4 is 5.32 Å². The van der Waals surface area contributed by atoms with Crippen molar-refractivity contribution in [3.8, 4) is 5.75 Å². The first kappa shape index (κ1) is 22.0. The van der Waals surface area contributed by atoms with Crippen LogP contribution in [0.4, 0.5) is 0 Å². The van der Waals surface area contributed by atoms with Gasteiger partial charge in [-0.2, -0.15) is 0 Å². The molecule has 3 nitrogen and oxygen atoms in total. The molecule has 0 amide bonds. The summed E-state index contributed by atoms with van der Waals surface area (Å²) < 4.78 is 0.797. The van der Waals surface area contributed by atoms with Gasteiger partial charge in [-0.3, -0.25) is 4.90 Å². The van der Waals surface area contributed by atoms with E-state index in [0.717, 1.165) is 30.7 Å². The second kappa shape index (κ2) is 11.5. The third-order valence-electron chi connectivity index (χ3n) is 4.03. The van der Waals surface area contributed by atoms with Crippen molar-refractivity contribution in [2.24, 2.45) is 0 Å². The highest BCUT2D eigenvalue weighted by Crippen LogP contribution is 2.32. The SMILES string of the molecule is CCCCC[C@@H](c1ccc(O)c(Br)c1)N1CCNCC1.Cl.Cl. The van der Waals surface area contributed by atoms with Crippen LogP contribution in [0.25, 0.3) is 0 Å². The van der Waals surface area contributed by atoms with Gasteiger partial charge in [-0.15, -0.1) is 24.8 Å². The average molecular weight is 414 g/mol. The van der Waals surface area contributed by atoms with E-state index in [9.17, 15) is 5.11 Å². The Morgan fingerprint density at radius 3 is 2.50 bits per heavy atom. The van der Waals surface area contributed by atoms with E-state index < -0.39 is 0 Å². The zero-order valence-corrected chi connectivity index (χ0v) is 16.3. The molecule has 2 rings (SSSR count). The molecule has 128 valence electrons. The van der Waals surface area contributed by atoms with Crippen LogP contribution in [0.1, 0.15) is 44.2 Å². The Kier molecular flexibility index (Phi) is 11.5. The number of nitrogens with zero attached hydrogens (tertiary/aromatic N) is 1. The molecule has 1 aromatic rings. The Morgan fingerprint density at radius 2 is 1.91 bits per heavy atom. The second-order valence-corrected chi connectivity index (χ2v) is 6.36. The highest BCUT2D eigenvalue weighted by molar-refractivity contribution is 9.10. The normalized spacial score (nSPS) is 16.5. The van der Waals surface area contributed by atoms with Gasteiger partial charge in [0.25, 0.3) is 0 Å². The molecule has 0 bridgehead atoms. The summed E-state index contributed by atoms with van der Waals surface area (Å²) in [5.74, 6) is 0.321. The minimum absolute atomic E-state index is 0. The molecule has 1 saturated heterocycles. The lowest BCUT2D eigenvalue weighted by atomic mass is 9.98. The molecule has 0 aromatic heterocycles. The number of hydrogen-bond donors (Lipinski definition) is 2. The number of piperazine rings is 1. The number of benzene rings is 1. The summed E-state index contributed by atoms with van der Waals surface area (Å²) >= 11 is 3.44. The van der Waals surface area contributed by atoms with Crippen LogP contribution in [0.5, 0.6) is 5.75 Å². The monoisotopic (exact) mass is 412 g/mol. The molecule has 0 unspecified atom stereocenters. The Balaban J connectivity index is 0.00000220. The van der Waals surface area contributed by atoms with Crippen LogP contribution in [-0.4, -0.2) is 36.2 Å². The maximum absolute atomic E-state index is 9.68. The Bertz CT molecular complexity index is 429. The standard InChI is InChI=1S/C16H25BrN2O.2ClH/c1-2-3-4-5-15(19-10-8-18-9-11-19)13-6-7-16(20)14(17)12-13;;/h6-7,12,15,18,20H,2-5,8-11H2,1H3;2*1H/t15-;;/m0../s1. The van der Waals surface area contributed by atoms with Gasteiger partial charge in [0, 0.05) is 32.2 Å². The van der Waals surface area contributed by atoms with Crippen molar-refractivity contribution in [2.45, 2.75) is 38.6 Å². The smallest absolute Gasteiger partial charge is 0.129 e. The number of nitrogens with one attached hydrogen (secondary N) is 1. The first-order chi connectivity index (χ1) is 9.72. The van der Waals surface area contributed by atoms with Crippen molar-refractivity contribution in [1.82, 2.24) is 10.2 Å². The summed E-state index contributed by atoms with van der Waals surface area (Å²) in [6, 6.07) is 6.42. The third-order valence-corrected chi connectivity index (χ3v) is 4.67. The van der Waals surface area contributed by atoms with Crippen LogP contribution in [0, 0.1) is 0 Å². The van der Waals surface area contributed by atoms with Gasteiger partial charge >= 0.3 is 0 Å². The highest BCUT2D eigenvalue weighted by atomic mass is 79.9. The molecule has 0 aliphatic carbocycles. The molecule has 1 fully saturated rings. The van der Waals surface area contributed by atoms with E-state index in [-0.39, 0.29) is 24.8 Å². The van der Waals surface area contributed by atoms with E-state index in [4.69, 9.17) is 0 Å². The van der Waals surface area contributed by atoms with Crippen LogP contribution in [0.3, 0.4) is 0 Å². The van der Waals surface area contributed by atoms with E-state index in [2.05, 4.69) is 45.2 Å². The molecule has 0 spiro atoms. The topological polar surface area (TPSA) is 35.5 Å². The molecule has 0 radical (unpaired) electrons. The number of phenolic OH excluding ortho intramolecular Hbond substituents is 1. The molecule has 1 aromatic carbocycles. The Morgan fingerprint density at radius 1 is 1.23 bits per heavy atom. The zero-order chi connectivity index (χ0) is 14.4. The lowest BCUT2D eigenvalue weighted by Crippen LogP contribution is -2.45. The lowest BCUT2D eigenvalue weighted by molar-refractivity contribution is 0.162. The summed E-state index contributed by atoms with van der Waals surface area (Å²) in [5, 5.41) is 13.1. The number of phenols is 1. The van der Waals surface area contributed by atoms with E-state index in [1.807, 2.05) is 0 Å². The van der Waals surface area contributed by atoms with Crippen molar-refractivity contribution in [3.63, 3.8) is 0 Å². The molecular formula is C16H27BrCl2N2O. The van der Waals surface area contributed by atoms with E-state index in [0.29, 0.717) is 11.8 Å². The van der Waals surface area contributed by atoms with Crippen LogP contribution in [0.2, 0.25) is 0 Å². The molecule has 1 aliphatic rings. The van der Waals surface area contributed by atoms with Crippen molar-refractivity contribution in [2.75, 3.05) is 26.2 Å². The minimum Gasteiger partial charge on any atom is -0.507 e. The first-order valence-electron chi connectivity index (χ1n) is 7.65. The van der Waals surface area contributed by atoms with Crippen LogP contribution in [-0.2, 0) is 0 Å².